The first-order valence-corrected chi connectivity index (χ1v) is 6.41. The number of carboxylic acid groups (broad SMARTS) is 1. The van der Waals surface area contributed by atoms with Crippen LogP contribution in [0.15, 0.2) is 0 Å². The van der Waals surface area contributed by atoms with Gasteiger partial charge in [0.1, 0.15) is 5.60 Å². The Kier molecular flexibility index (Phi) is 4.59. The number of rotatable bonds is 2. The zero-order chi connectivity index (χ0) is 13.9. The van der Waals surface area contributed by atoms with Crippen LogP contribution in [-0.4, -0.2) is 40.8 Å². The maximum Gasteiger partial charge on any atom is 0.410 e. The Labute approximate surface area is 108 Å². The maximum absolute atomic E-state index is 11.9. The molecule has 2 atom stereocenters. The fourth-order valence-corrected chi connectivity index (χ4v) is 2.33. The van der Waals surface area contributed by atoms with Crippen LogP contribution in [0.1, 0.15) is 46.5 Å². The summed E-state index contributed by atoms with van der Waals surface area (Å²) in [5.41, 5.74) is -0.557. The molecule has 0 saturated heterocycles. The van der Waals surface area contributed by atoms with Crippen molar-refractivity contribution < 1.29 is 19.4 Å². The van der Waals surface area contributed by atoms with Gasteiger partial charge in [0, 0.05) is 13.1 Å². The van der Waals surface area contributed by atoms with Crippen molar-refractivity contribution in [3.05, 3.63) is 0 Å². The zero-order valence-electron chi connectivity index (χ0n) is 11.6. The van der Waals surface area contributed by atoms with Gasteiger partial charge in [-0.1, -0.05) is 12.8 Å². The molecule has 1 fully saturated rings. The van der Waals surface area contributed by atoms with Crippen molar-refractivity contribution in [2.75, 3.05) is 7.05 Å². The van der Waals surface area contributed by atoms with Crippen LogP contribution in [0.25, 0.3) is 0 Å². The van der Waals surface area contributed by atoms with E-state index in [4.69, 9.17) is 4.74 Å². The van der Waals surface area contributed by atoms with Crippen molar-refractivity contribution >= 4 is 12.1 Å². The first-order valence-electron chi connectivity index (χ1n) is 6.41. The molecule has 104 valence electrons. The minimum atomic E-state index is -0.824. The molecule has 0 unspecified atom stereocenters. The van der Waals surface area contributed by atoms with E-state index in [0.717, 1.165) is 19.3 Å². The van der Waals surface area contributed by atoms with Gasteiger partial charge in [-0.25, -0.2) is 4.79 Å². The van der Waals surface area contributed by atoms with Gasteiger partial charge in [-0.15, -0.1) is 0 Å². The highest BCUT2D eigenvalue weighted by atomic mass is 16.6. The van der Waals surface area contributed by atoms with E-state index in [1.54, 1.807) is 27.8 Å². The second-order valence-electron chi connectivity index (χ2n) is 5.89. The number of carbonyl (C=O) groups excluding carboxylic acids is 1. The van der Waals surface area contributed by atoms with Crippen molar-refractivity contribution in [2.45, 2.75) is 58.1 Å². The van der Waals surface area contributed by atoms with E-state index in [0.29, 0.717) is 6.42 Å². The number of amides is 1. The summed E-state index contributed by atoms with van der Waals surface area (Å²) in [6.45, 7) is 5.40. The molecular weight excluding hydrogens is 234 g/mol. The van der Waals surface area contributed by atoms with Crippen molar-refractivity contribution in [3.63, 3.8) is 0 Å². The first kappa shape index (κ1) is 14.8. The van der Waals surface area contributed by atoms with Crippen molar-refractivity contribution in [1.82, 2.24) is 4.90 Å². The number of nitrogens with zero attached hydrogens (tertiary/aromatic N) is 1. The van der Waals surface area contributed by atoms with Crippen LogP contribution in [0.2, 0.25) is 0 Å². The van der Waals surface area contributed by atoms with Crippen LogP contribution in [0.3, 0.4) is 0 Å². The van der Waals surface area contributed by atoms with Gasteiger partial charge in [-0.2, -0.15) is 0 Å². The summed E-state index contributed by atoms with van der Waals surface area (Å²) in [5, 5.41) is 9.19. The number of carbonyl (C=O) groups is 2. The van der Waals surface area contributed by atoms with Crippen LogP contribution in [0.5, 0.6) is 0 Å². The third-order valence-electron chi connectivity index (χ3n) is 3.23. The summed E-state index contributed by atoms with van der Waals surface area (Å²) < 4.78 is 5.27. The summed E-state index contributed by atoms with van der Waals surface area (Å²) in [5.74, 6) is -1.30. The highest BCUT2D eigenvalue weighted by molar-refractivity contribution is 5.73. The third-order valence-corrected chi connectivity index (χ3v) is 3.23. The Morgan fingerprint density at radius 2 is 1.78 bits per heavy atom. The Morgan fingerprint density at radius 3 is 2.28 bits per heavy atom. The number of aliphatic carboxylic acids is 1. The standard InChI is InChI=1S/C13H23NO4/c1-13(2,3)18-12(17)14(4)10-8-6-5-7-9(10)11(15)16/h9-10H,5-8H2,1-4H3,(H,15,16)/t9-,10+/m0/s1. The van der Waals surface area contributed by atoms with E-state index in [2.05, 4.69) is 0 Å². The fraction of sp³-hybridized carbons (Fsp3) is 0.846. The molecule has 0 aliphatic heterocycles. The Morgan fingerprint density at radius 1 is 1.22 bits per heavy atom. The monoisotopic (exact) mass is 257 g/mol. The summed E-state index contributed by atoms with van der Waals surface area (Å²) in [4.78, 5) is 24.6. The minimum Gasteiger partial charge on any atom is -0.481 e. The molecule has 5 nitrogen and oxygen atoms in total. The van der Waals surface area contributed by atoms with Crippen molar-refractivity contribution in [2.24, 2.45) is 5.92 Å². The minimum absolute atomic E-state index is 0.258. The van der Waals surface area contributed by atoms with Crippen LogP contribution in [0.4, 0.5) is 4.79 Å². The molecule has 0 bridgehead atoms. The van der Waals surface area contributed by atoms with Crippen molar-refractivity contribution in [1.29, 1.82) is 0 Å². The SMILES string of the molecule is CN(C(=O)OC(C)(C)C)[C@@H]1CCCC[C@@H]1C(=O)O. The molecule has 0 radical (unpaired) electrons. The molecule has 1 rings (SSSR count). The average molecular weight is 257 g/mol. The maximum atomic E-state index is 11.9. The van der Waals surface area contributed by atoms with Crippen LogP contribution in [0, 0.1) is 5.92 Å². The second kappa shape index (κ2) is 5.59. The molecular formula is C13H23NO4. The molecule has 18 heavy (non-hydrogen) atoms. The van der Waals surface area contributed by atoms with E-state index in [1.165, 1.54) is 4.90 Å². The topological polar surface area (TPSA) is 66.8 Å². The number of ether oxygens (including phenoxy) is 1. The molecule has 0 aromatic rings. The van der Waals surface area contributed by atoms with Gasteiger partial charge in [0.25, 0.3) is 0 Å². The summed E-state index contributed by atoms with van der Waals surface area (Å²) >= 11 is 0. The van der Waals surface area contributed by atoms with E-state index in [9.17, 15) is 14.7 Å². The molecule has 0 heterocycles. The third kappa shape index (κ3) is 3.89. The first-order chi connectivity index (χ1) is 8.22. The highest BCUT2D eigenvalue weighted by Gasteiger charge is 2.36. The van der Waals surface area contributed by atoms with Gasteiger partial charge in [0.05, 0.1) is 5.92 Å². The molecule has 1 amide bonds. The zero-order valence-corrected chi connectivity index (χ0v) is 11.6. The predicted molar refractivity (Wildman–Crippen MR) is 67.4 cm³/mol. The van der Waals surface area contributed by atoms with E-state index < -0.39 is 23.6 Å². The number of carboxylic acids is 1. The fourth-order valence-electron chi connectivity index (χ4n) is 2.33. The average Bonchev–Trinajstić information content (AvgIpc) is 2.25. The number of hydrogen-bond acceptors (Lipinski definition) is 3. The Hall–Kier alpha value is -1.26. The van der Waals surface area contributed by atoms with Gasteiger partial charge < -0.3 is 14.7 Å². The van der Waals surface area contributed by atoms with Gasteiger partial charge in [0.15, 0.2) is 0 Å². The Balaban J connectivity index is 2.71. The molecule has 0 spiro atoms. The smallest absolute Gasteiger partial charge is 0.410 e. The molecule has 1 aliphatic rings. The second-order valence-corrected chi connectivity index (χ2v) is 5.89. The molecule has 0 aromatic carbocycles. The molecule has 0 aromatic heterocycles. The quantitative estimate of drug-likeness (QED) is 0.825. The van der Waals surface area contributed by atoms with Crippen molar-refractivity contribution in [3.8, 4) is 0 Å². The predicted octanol–water partition coefficient (Wildman–Crippen LogP) is 2.50. The molecule has 1 saturated carbocycles. The van der Waals surface area contributed by atoms with Crippen LogP contribution >= 0.6 is 0 Å². The lowest BCUT2D eigenvalue weighted by atomic mass is 9.84. The van der Waals surface area contributed by atoms with Crippen LogP contribution in [-0.2, 0) is 9.53 Å². The van der Waals surface area contributed by atoms with Crippen LogP contribution < -0.4 is 0 Å². The lowest BCUT2D eigenvalue weighted by molar-refractivity contribution is -0.145. The van der Waals surface area contributed by atoms with Gasteiger partial charge in [-0.3, -0.25) is 4.79 Å². The van der Waals surface area contributed by atoms with E-state index in [1.807, 2.05) is 0 Å². The normalized spacial score (nSPS) is 24.4. The highest BCUT2D eigenvalue weighted by Crippen LogP contribution is 2.29. The summed E-state index contributed by atoms with van der Waals surface area (Å²) in [6, 6.07) is -0.258. The summed E-state index contributed by atoms with van der Waals surface area (Å²) in [7, 11) is 1.62. The molecule has 1 aliphatic carbocycles. The Bertz CT molecular complexity index is 321. The largest absolute Gasteiger partial charge is 0.481 e. The lowest BCUT2D eigenvalue weighted by Gasteiger charge is -2.36. The van der Waals surface area contributed by atoms with E-state index >= 15 is 0 Å². The lowest BCUT2D eigenvalue weighted by Crippen LogP contribution is -2.47. The molecule has 5 heteroatoms. The summed E-state index contributed by atoms with van der Waals surface area (Å²) in [6.07, 6.45) is 2.79. The van der Waals surface area contributed by atoms with Gasteiger partial charge in [0.2, 0.25) is 0 Å². The van der Waals surface area contributed by atoms with Gasteiger partial charge in [-0.05, 0) is 33.6 Å². The van der Waals surface area contributed by atoms with E-state index in [-0.39, 0.29) is 6.04 Å². The molecule has 1 N–H and O–H groups in total. The van der Waals surface area contributed by atoms with Gasteiger partial charge >= 0.3 is 12.1 Å². The number of hydrogen-bond donors (Lipinski definition) is 1.